The third-order valence-corrected chi connectivity index (χ3v) is 2.03. The molecule has 2 aromatic rings. The summed E-state index contributed by atoms with van der Waals surface area (Å²) in [6.07, 6.45) is 6.20. The average molecular weight is 222 g/mol. The van der Waals surface area contributed by atoms with Crippen molar-refractivity contribution in [2.45, 2.75) is 6.54 Å². The van der Waals surface area contributed by atoms with Crippen LogP contribution in [-0.4, -0.2) is 4.57 Å². The first-order valence-corrected chi connectivity index (χ1v) is 5.14. The third kappa shape index (κ3) is 3.67. The van der Waals surface area contributed by atoms with Crippen LogP contribution in [-0.2, 0) is 26.0 Å². The fourth-order valence-corrected chi connectivity index (χ4v) is 1.39. The highest BCUT2D eigenvalue weighted by atomic mass is 32.1. The number of aromatic nitrogens is 2. The second-order valence-electron chi connectivity index (χ2n) is 3.24. The Kier molecular flexibility index (Phi) is 4.77. The van der Waals surface area contributed by atoms with Gasteiger partial charge in [0.1, 0.15) is 18.9 Å². The molecule has 0 saturated heterocycles. The van der Waals surface area contributed by atoms with E-state index in [-0.39, 0.29) is 0 Å². The van der Waals surface area contributed by atoms with Crippen molar-refractivity contribution < 1.29 is 4.57 Å². The Bertz CT molecular complexity index is 397. The predicted molar refractivity (Wildman–Crippen MR) is 64.0 cm³/mol. The molecule has 0 aliphatic rings. The van der Waals surface area contributed by atoms with E-state index in [1.54, 1.807) is 0 Å². The van der Waals surface area contributed by atoms with Gasteiger partial charge in [-0.1, -0.05) is 30.3 Å². The minimum atomic E-state index is 0.946. The first-order chi connectivity index (χ1) is 7.34. The van der Waals surface area contributed by atoms with Gasteiger partial charge in [0.15, 0.2) is 0 Å². The minimum absolute atomic E-state index is 0.946. The largest absolute Gasteiger partial charge is 0.286 e. The molecule has 15 heavy (non-hydrogen) atoms. The van der Waals surface area contributed by atoms with Crippen LogP contribution in [0.2, 0.25) is 0 Å². The normalized spacial score (nSPS) is 9.20. The van der Waals surface area contributed by atoms with Crippen LogP contribution in [0.3, 0.4) is 0 Å². The smallest absolute Gasteiger partial charge is 0.243 e. The number of imidazole rings is 1. The predicted octanol–water partition coefficient (Wildman–Crippen LogP) is 1.12. The van der Waals surface area contributed by atoms with Gasteiger partial charge in [-0.3, -0.25) is 4.78 Å². The van der Waals surface area contributed by atoms with Crippen LogP contribution >= 0.6 is 0 Å². The second kappa shape index (κ2) is 6.14. The van der Waals surface area contributed by atoms with E-state index in [4.69, 9.17) is 4.78 Å². The van der Waals surface area contributed by atoms with Crippen LogP contribution in [0.5, 0.6) is 0 Å². The quantitative estimate of drug-likeness (QED) is 0.739. The molecule has 0 saturated carbocycles. The Morgan fingerprint density at radius 2 is 1.93 bits per heavy atom. The Hall–Kier alpha value is -1.42. The van der Waals surface area contributed by atoms with E-state index >= 15 is 0 Å². The van der Waals surface area contributed by atoms with Gasteiger partial charge in [0, 0.05) is 0 Å². The lowest BCUT2D eigenvalue weighted by Crippen LogP contribution is -2.23. The van der Waals surface area contributed by atoms with Crippen molar-refractivity contribution in [3.05, 3.63) is 54.6 Å². The van der Waals surface area contributed by atoms with Crippen molar-refractivity contribution in [1.82, 2.24) is 4.57 Å². The van der Waals surface area contributed by atoms with Crippen molar-refractivity contribution in [3.63, 3.8) is 0 Å². The summed E-state index contributed by atoms with van der Waals surface area (Å²) in [4.78, 5) is 0. The molecule has 1 aromatic carbocycles. The van der Waals surface area contributed by atoms with Crippen LogP contribution in [0.25, 0.3) is 0 Å². The van der Waals surface area contributed by atoms with Crippen LogP contribution in [0, 0.1) is 4.78 Å². The molecule has 0 radical (unpaired) electrons. The summed E-state index contributed by atoms with van der Waals surface area (Å²) in [6.45, 7) is 0.946. The van der Waals surface area contributed by atoms with Crippen LogP contribution in [0.15, 0.2) is 49.1 Å². The van der Waals surface area contributed by atoms with Crippen LogP contribution in [0.4, 0.5) is 0 Å². The van der Waals surface area contributed by atoms with Gasteiger partial charge in [-0.05, 0) is 5.56 Å². The van der Waals surface area contributed by atoms with E-state index < -0.39 is 0 Å². The molecule has 4 heteroatoms. The van der Waals surface area contributed by atoms with Crippen molar-refractivity contribution in [3.8, 4) is 0 Å². The van der Waals surface area contributed by atoms with Crippen LogP contribution < -0.4 is 4.57 Å². The lowest BCUT2D eigenvalue weighted by Gasteiger charge is -1.95. The molecule has 1 heterocycles. The lowest BCUT2D eigenvalue weighted by molar-refractivity contribution is -0.671. The lowest BCUT2D eigenvalue weighted by atomic mass is 10.2. The van der Waals surface area contributed by atoms with Crippen molar-refractivity contribution in [1.29, 1.82) is 4.78 Å². The number of hydrogen-bond acceptors (Lipinski definition) is 1. The fourth-order valence-electron chi connectivity index (χ4n) is 1.39. The summed E-state index contributed by atoms with van der Waals surface area (Å²) >= 11 is 2.22. The Labute approximate surface area is 95.0 Å². The van der Waals surface area contributed by atoms with E-state index in [1.165, 1.54) is 5.56 Å². The van der Waals surface area contributed by atoms with Gasteiger partial charge < -0.3 is 0 Å². The molecule has 3 nitrogen and oxygen atoms in total. The minimum Gasteiger partial charge on any atom is -0.286 e. The van der Waals surface area contributed by atoms with E-state index in [1.807, 2.05) is 23.9 Å². The van der Waals surface area contributed by atoms with Crippen molar-refractivity contribution in [2.24, 2.45) is 7.05 Å². The highest BCUT2D eigenvalue weighted by Crippen LogP contribution is 2.00. The van der Waals surface area contributed by atoms with Crippen molar-refractivity contribution >= 4 is 12.4 Å². The molecule has 1 N–H and O–H groups in total. The van der Waals surface area contributed by atoms with Gasteiger partial charge in [0.2, 0.25) is 6.33 Å². The molecule has 0 atom stereocenters. The molecule has 0 bridgehead atoms. The van der Waals surface area contributed by atoms with Gasteiger partial charge >= 0.3 is 0 Å². The summed E-state index contributed by atoms with van der Waals surface area (Å²) < 4.78 is 9.76. The molecule has 0 aliphatic carbocycles. The van der Waals surface area contributed by atoms with Gasteiger partial charge in [-0.15, -0.1) is 12.4 Å². The first-order valence-electron chi connectivity index (χ1n) is 4.64. The maximum absolute atomic E-state index is 5.56. The highest BCUT2D eigenvalue weighted by molar-refractivity contribution is 7.45. The molecule has 0 amide bonds. The zero-order valence-corrected chi connectivity index (χ0v) is 9.72. The maximum atomic E-state index is 5.56. The molecular formula is C11H16N3S+. The van der Waals surface area contributed by atoms with Crippen molar-refractivity contribution in [2.75, 3.05) is 0 Å². The highest BCUT2D eigenvalue weighted by Gasteiger charge is 1.99. The molecule has 0 unspecified atom stereocenters. The van der Waals surface area contributed by atoms with Gasteiger partial charge in [-0.2, -0.15) is 0 Å². The summed E-state index contributed by atoms with van der Waals surface area (Å²) in [7, 11) is 2.03. The van der Waals surface area contributed by atoms with E-state index in [2.05, 4.69) is 53.8 Å². The van der Waals surface area contributed by atoms with E-state index in [0.29, 0.717) is 0 Å². The Morgan fingerprint density at radius 3 is 2.47 bits per heavy atom. The standard InChI is InChI=1S/C11H13N2.H3NS/c1-12-7-8-13(10-12)9-11-5-3-2-4-6-11;1-2/h2-8,10H,9H2,1H3;1H,2H2/q+1;. The Morgan fingerprint density at radius 1 is 1.27 bits per heavy atom. The molecule has 80 valence electrons. The average Bonchev–Trinajstić information content (AvgIpc) is 2.68. The number of benzene rings is 1. The topological polar surface area (TPSA) is 32.7 Å². The number of nitrogens with one attached hydrogen (secondary N) is 1. The van der Waals surface area contributed by atoms with Gasteiger partial charge in [-0.25, -0.2) is 9.13 Å². The zero-order chi connectivity index (χ0) is 11.1. The second-order valence-corrected chi connectivity index (χ2v) is 3.24. The monoisotopic (exact) mass is 222 g/mol. The number of hydrogen-bond donors (Lipinski definition) is 1. The molecule has 0 spiro atoms. The maximum Gasteiger partial charge on any atom is 0.243 e. The molecular weight excluding hydrogens is 206 g/mol. The van der Waals surface area contributed by atoms with E-state index in [0.717, 1.165) is 6.54 Å². The number of nitrogens with zero attached hydrogens (tertiary/aromatic N) is 2. The molecule has 2 rings (SSSR count). The fraction of sp³-hybridized carbons (Fsp3) is 0.182. The summed E-state index contributed by atoms with van der Waals surface area (Å²) in [5.74, 6) is 0. The molecule has 0 aliphatic heterocycles. The molecule has 1 aromatic heterocycles. The number of aryl methyl sites for hydroxylation is 1. The number of rotatable bonds is 2. The SMILES string of the molecule is C[n+]1ccn(Cc2ccccc2)c1.N=[SH2]. The van der Waals surface area contributed by atoms with Crippen LogP contribution in [0.1, 0.15) is 5.56 Å². The summed E-state index contributed by atoms with van der Waals surface area (Å²) in [6, 6.07) is 10.5. The third-order valence-electron chi connectivity index (χ3n) is 2.03. The zero-order valence-electron chi connectivity index (χ0n) is 8.72. The molecule has 0 fully saturated rings. The van der Waals surface area contributed by atoms with E-state index in [9.17, 15) is 0 Å². The van der Waals surface area contributed by atoms with Gasteiger partial charge in [0.05, 0.1) is 7.05 Å². The summed E-state index contributed by atoms with van der Waals surface area (Å²) in [5, 5.41) is 0. The van der Waals surface area contributed by atoms with Gasteiger partial charge in [0.25, 0.3) is 0 Å². The summed E-state index contributed by atoms with van der Waals surface area (Å²) in [5.41, 5.74) is 1.33. The Balaban J connectivity index is 0.000000531. The first kappa shape index (κ1) is 11.7.